The topological polar surface area (TPSA) is 63.9 Å². The minimum atomic E-state index is 0.0126. The molecule has 134 valence electrons. The largest absolute Gasteiger partial charge is 0.299 e. The van der Waals surface area contributed by atoms with Crippen molar-refractivity contribution >= 4 is 11.5 Å². The standard InChI is InChI=1S/C19H21N5OS/c25-19-9-18(17-1-5-20-6-2-17)21-14-24(19)12-15-3-7-23(8-4-15)11-16-10-22-26-13-16/h1-2,5-6,9-10,13-15H,3-4,7-8,11-12H2. The zero-order chi connectivity index (χ0) is 17.8. The number of hydrogen-bond donors (Lipinski definition) is 0. The maximum absolute atomic E-state index is 12.5. The highest BCUT2D eigenvalue weighted by Gasteiger charge is 2.20. The number of aromatic nitrogens is 4. The van der Waals surface area contributed by atoms with E-state index in [1.807, 2.05) is 18.3 Å². The first-order chi connectivity index (χ1) is 12.8. The van der Waals surface area contributed by atoms with Crippen LogP contribution in [0.1, 0.15) is 18.4 Å². The molecular weight excluding hydrogens is 346 g/mol. The number of piperidine rings is 1. The highest BCUT2D eigenvalue weighted by molar-refractivity contribution is 7.03. The average Bonchev–Trinajstić information content (AvgIpc) is 3.19. The molecule has 0 aromatic carbocycles. The third kappa shape index (κ3) is 4.05. The summed E-state index contributed by atoms with van der Waals surface area (Å²) in [5.74, 6) is 0.526. The molecule has 4 rings (SSSR count). The van der Waals surface area contributed by atoms with Gasteiger partial charge in [0.15, 0.2) is 0 Å². The van der Waals surface area contributed by atoms with Gasteiger partial charge in [-0.1, -0.05) is 0 Å². The molecule has 4 heterocycles. The van der Waals surface area contributed by atoms with Gasteiger partial charge in [-0.2, -0.15) is 0 Å². The Balaban J connectivity index is 1.35. The third-order valence-corrected chi connectivity index (χ3v) is 5.54. The highest BCUT2D eigenvalue weighted by atomic mass is 32.1. The SMILES string of the molecule is O=c1cc(-c2ccncc2)ncn1CC1CCN(Cc2cnsc2)CC1. The fraction of sp³-hybridized carbons (Fsp3) is 0.368. The van der Waals surface area contributed by atoms with Crippen LogP contribution in [0, 0.1) is 5.92 Å². The summed E-state index contributed by atoms with van der Waals surface area (Å²) in [6.45, 7) is 3.86. The molecule has 1 fully saturated rings. The summed E-state index contributed by atoms with van der Waals surface area (Å²) in [6, 6.07) is 5.35. The van der Waals surface area contributed by atoms with E-state index in [9.17, 15) is 4.79 Å². The Morgan fingerprint density at radius 2 is 2.00 bits per heavy atom. The molecule has 0 saturated carbocycles. The molecule has 0 amide bonds. The van der Waals surface area contributed by atoms with E-state index in [-0.39, 0.29) is 5.56 Å². The normalized spacial score (nSPS) is 16.0. The monoisotopic (exact) mass is 367 g/mol. The molecule has 1 saturated heterocycles. The minimum absolute atomic E-state index is 0.0126. The summed E-state index contributed by atoms with van der Waals surface area (Å²) in [5, 5.41) is 2.11. The van der Waals surface area contributed by atoms with Gasteiger partial charge in [0.2, 0.25) is 0 Å². The average molecular weight is 367 g/mol. The van der Waals surface area contributed by atoms with Gasteiger partial charge >= 0.3 is 0 Å². The lowest BCUT2D eigenvalue weighted by molar-refractivity contribution is 0.166. The third-order valence-electron chi connectivity index (χ3n) is 4.91. The quantitative estimate of drug-likeness (QED) is 0.694. The number of nitrogens with zero attached hydrogens (tertiary/aromatic N) is 5. The van der Waals surface area contributed by atoms with Gasteiger partial charge in [-0.3, -0.25) is 19.2 Å². The first kappa shape index (κ1) is 17.1. The zero-order valence-corrected chi connectivity index (χ0v) is 15.3. The molecule has 1 aliphatic rings. The second-order valence-corrected chi connectivity index (χ2v) is 7.41. The number of pyridine rings is 1. The fourth-order valence-electron chi connectivity index (χ4n) is 3.41. The van der Waals surface area contributed by atoms with Gasteiger partial charge in [0.25, 0.3) is 5.56 Å². The van der Waals surface area contributed by atoms with Gasteiger partial charge in [-0.15, -0.1) is 0 Å². The molecular formula is C19H21N5OS. The van der Waals surface area contributed by atoms with Crippen molar-refractivity contribution in [1.29, 1.82) is 0 Å². The lowest BCUT2D eigenvalue weighted by Gasteiger charge is -2.31. The van der Waals surface area contributed by atoms with Crippen LogP contribution in [0.5, 0.6) is 0 Å². The van der Waals surface area contributed by atoms with Crippen LogP contribution in [-0.2, 0) is 13.1 Å². The van der Waals surface area contributed by atoms with Gasteiger partial charge in [0.1, 0.15) is 0 Å². The smallest absolute Gasteiger partial charge is 0.253 e. The molecule has 0 N–H and O–H groups in total. The predicted octanol–water partition coefficient (Wildman–Crippen LogP) is 2.67. The van der Waals surface area contributed by atoms with E-state index in [0.717, 1.165) is 44.6 Å². The highest BCUT2D eigenvalue weighted by Crippen LogP contribution is 2.21. The molecule has 6 nitrogen and oxygen atoms in total. The van der Waals surface area contributed by atoms with Crippen molar-refractivity contribution in [2.24, 2.45) is 5.92 Å². The molecule has 0 aliphatic carbocycles. The maximum Gasteiger partial charge on any atom is 0.253 e. The molecule has 0 bridgehead atoms. The van der Waals surface area contributed by atoms with E-state index >= 15 is 0 Å². The number of likely N-dealkylation sites (tertiary alicyclic amines) is 1. The Bertz CT molecular complexity index is 886. The van der Waals surface area contributed by atoms with Crippen LogP contribution in [0.3, 0.4) is 0 Å². The van der Waals surface area contributed by atoms with Crippen LogP contribution in [0.2, 0.25) is 0 Å². The van der Waals surface area contributed by atoms with E-state index in [1.165, 1.54) is 17.1 Å². The lowest BCUT2D eigenvalue weighted by Crippen LogP contribution is -2.35. The van der Waals surface area contributed by atoms with Crippen LogP contribution in [0.25, 0.3) is 11.3 Å². The van der Waals surface area contributed by atoms with Crippen molar-refractivity contribution in [2.45, 2.75) is 25.9 Å². The Labute approximate surface area is 156 Å². The first-order valence-corrected chi connectivity index (χ1v) is 9.69. The van der Waals surface area contributed by atoms with Gasteiger partial charge in [-0.25, -0.2) is 9.36 Å². The Morgan fingerprint density at radius 1 is 1.19 bits per heavy atom. The van der Waals surface area contributed by atoms with Crippen molar-refractivity contribution in [3.63, 3.8) is 0 Å². The second-order valence-electron chi connectivity index (χ2n) is 6.75. The lowest BCUT2D eigenvalue weighted by atomic mass is 9.96. The zero-order valence-electron chi connectivity index (χ0n) is 14.5. The molecule has 0 unspecified atom stereocenters. The van der Waals surface area contributed by atoms with E-state index in [0.29, 0.717) is 11.6 Å². The van der Waals surface area contributed by atoms with Crippen molar-refractivity contribution in [1.82, 2.24) is 23.8 Å². The number of rotatable bonds is 5. The van der Waals surface area contributed by atoms with E-state index in [1.54, 1.807) is 29.4 Å². The van der Waals surface area contributed by atoms with Crippen molar-refractivity contribution in [2.75, 3.05) is 13.1 Å². The van der Waals surface area contributed by atoms with Crippen molar-refractivity contribution in [3.8, 4) is 11.3 Å². The van der Waals surface area contributed by atoms with Gasteiger partial charge in [-0.05, 0) is 61.1 Å². The fourth-order valence-corrected chi connectivity index (χ4v) is 3.94. The van der Waals surface area contributed by atoms with E-state index in [4.69, 9.17) is 0 Å². The molecule has 3 aromatic rings. The summed E-state index contributed by atoms with van der Waals surface area (Å²) < 4.78 is 5.91. The van der Waals surface area contributed by atoms with Crippen LogP contribution in [0.4, 0.5) is 0 Å². The van der Waals surface area contributed by atoms with Gasteiger partial charge in [0.05, 0.1) is 12.0 Å². The molecule has 1 aliphatic heterocycles. The summed E-state index contributed by atoms with van der Waals surface area (Å²) in [4.78, 5) is 23.4. The predicted molar refractivity (Wildman–Crippen MR) is 102 cm³/mol. The Hall–Kier alpha value is -2.38. The summed E-state index contributed by atoms with van der Waals surface area (Å²) >= 11 is 1.51. The van der Waals surface area contributed by atoms with E-state index < -0.39 is 0 Å². The molecule has 0 spiro atoms. The van der Waals surface area contributed by atoms with Gasteiger partial charge in [0, 0.05) is 48.7 Å². The van der Waals surface area contributed by atoms with Crippen LogP contribution in [0.15, 0.2) is 53.3 Å². The van der Waals surface area contributed by atoms with Crippen LogP contribution < -0.4 is 5.56 Å². The molecule has 7 heteroatoms. The van der Waals surface area contributed by atoms with Crippen molar-refractivity contribution < 1.29 is 0 Å². The number of hydrogen-bond acceptors (Lipinski definition) is 6. The van der Waals surface area contributed by atoms with Crippen LogP contribution in [-0.4, -0.2) is 36.9 Å². The van der Waals surface area contributed by atoms with Crippen LogP contribution >= 0.6 is 11.5 Å². The van der Waals surface area contributed by atoms with E-state index in [2.05, 4.69) is 24.6 Å². The summed E-state index contributed by atoms with van der Waals surface area (Å²) in [7, 11) is 0. The Morgan fingerprint density at radius 3 is 2.69 bits per heavy atom. The maximum atomic E-state index is 12.5. The second kappa shape index (κ2) is 7.88. The molecule has 3 aromatic heterocycles. The molecule has 26 heavy (non-hydrogen) atoms. The molecule has 0 atom stereocenters. The summed E-state index contributed by atoms with van der Waals surface area (Å²) in [6.07, 6.45) is 9.27. The van der Waals surface area contributed by atoms with Crippen molar-refractivity contribution in [3.05, 3.63) is 64.4 Å². The van der Waals surface area contributed by atoms with Gasteiger partial charge < -0.3 is 0 Å². The molecule has 0 radical (unpaired) electrons. The first-order valence-electron chi connectivity index (χ1n) is 8.85. The minimum Gasteiger partial charge on any atom is -0.299 e. The summed E-state index contributed by atoms with van der Waals surface area (Å²) in [5.41, 5.74) is 2.92. The Kier molecular flexibility index (Phi) is 5.17.